The van der Waals surface area contributed by atoms with E-state index in [4.69, 9.17) is 22.1 Å². The van der Waals surface area contributed by atoms with Gasteiger partial charge in [0.15, 0.2) is 0 Å². The normalized spacial score (nSPS) is 30.1. The molecule has 1 saturated heterocycles. The number of carbonyl (C=O) groups excluding carboxylic acids is 1. The van der Waals surface area contributed by atoms with Crippen LogP contribution in [0.4, 0.5) is 5.69 Å². The van der Waals surface area contributed by atoms with E-state index in [9.17, 15) is 4.79 Å². The van der Waals surface area contributed by atoms with E-state index in [1.807, 2.05) is 6.07 Å². The van der Waals surface area contributed by atoms with Gasteiger partial charge >= 0.3 is 0 Å². The number of ether oxygens (including phenoxy) is 1. The second-order valence-electron chi connectivity index (χ2n) is 6.60. The topological polar surface area (TPSA) is 64.3 Å². The zero-order valence-electron chi connectivity index (χ0n) is 12.4. The quantitative estimate of drug-likeness (QED) is 0.902. The Labute approximate surface area is 130 Å². The molecule has 1 aliphatic heterocycles. The van der Waals surface area contributed by atoms with E-state index >= 15 is 0 Å². The smallest absolute Gasteiger partial charge is 0.250 e. The maximum Gasteiger partial charge on any atom is 0.250 e. The van der Waals surface area contributed by atoms with Crippen molar-refractivity contribution in [1.29, 1.82) is 0 Å². The molecule has 114 valence electrons. The third-order valence-electron chi connectivity index (χ3n) is 4.89. The van der Waals surface area contributed by atoms with E-state index in [1.165, 1.54) is 6.42 Å². The van der Waals surface area contributed by atoms with Gasteiger partial charge < -0.3 is 15.8 Å². The van der Waals surface area contributed by atoms with Crippen LogP contribution in [0.5, 0.6) is 0 Å². The zero-order chi connectivity index (χ0) is 15.2. The first-order valence-electron chi connectivity index (χ1n) is 7.39. The van der Waals surface area contributed by atoms with E-state index < -0.39 is 5.91 Å². The van der Waals surface area contributed by atoms with Gasteiger partial charge in [0.05, 0.1) is 16.7 Å². The molecule has 2 fully saturated rings. The number of hydrogen-bond acceptors (Lipinski definition) is 3. The Morgan fingerprint density at radius 3 is 2.95 bits per heavy atom. The fourth-order valence-electron chi connectivity index (χ4n) is 3.80. The number of hydrogen-bond donors (Lipinski definition) is 2. The van der Waals surface area contributed by atoms with E-state index in [0.29, 0.717) is 28.6 Å². The lowest BCUT2D eigenvalue weighted by atomic mass is 9.55. The Balaban J connectivity index is 1.80. The lowest BCUT2D eigenvalue weighted by molar-refractivity contribution is -0.177. The van der Waals surface area contributed by atoms with Crippen LogP contribution in [0.3, 0.4) is 0 Å². The molecule has 0 bridgehead atoms. The maximum absolute atomic E-state index is 11.4. The highest BCUT2D eigenvalue weighted by molar-refractivity contribution is 6.33. The number of anilines is 1. The summed E-state index contributed by atoms with van der Waals surface area (Å²) >= 11 is 5.99. The molecule has 1 aromatic rings. The lowest BCUT2D eigenvalue weighted by Crippen LogP contribution is -2.67. The molecule has 1 aromatic carbocycles. The molecule has 3 atom stereocenters. The molecule has 2 aliphatic rings. The van der Waals surface area contributed by atoms with Gasteiger partial charge in [0.2, 0.25) is 5.91 Å². The summed E-state index contributed by atoms with van der Waals surface area (Å²) in [6.45, 7) is 5.31. The summed E-state index contributed by atoms with van der Waals surface area (Å²) in [5, 5.41) is 3.93. The highest BCUT2D eigenvalue weighted by atomic mass is 35.5. The Morgan fingerprint density at radius 2 is 2.24 bits per heavy atom. The minimum atomic E-state index is -0.504. The first kappa shape index (κ1) is 14.7. The van der Waals surface area contributed by atoms with Crippen LogP contribution in [0, 0.1) is 11.3 Å². The van der Waals surface area contributed by atoms with Gasteiger partial charge in [0.25, 0.3) is 0 Å². The van der Waals surface area contributed by atoms with E-state index in [0.717, 1.165) is 18.7 Å². The van der Waals surface area contributed by atoms with Crippen LogP contribution in [0.2, 0.25) is 5.02 Å². The minimum absolute atomic E-state index is 0.0810. The molecule has 1 saturated carbocycles. The Morgan fingerprint density at radius 1 is 1.48 bits per heavy atom. The molecule has 0 radical (unpaired) electrons. The average molecular weight is 309 g/mol. The zero-order valence-corrected chi connectivity index (χ0v) is 13.1. The summed E-state index contributed by atoms with van der Waals surface area (Å²) in [5.41, 5.74) is 6.67. The fraction of sp³-hybridized carbons (Fsp3) is 0.562. The van der Waals surface area contributed by atoms with Gasteiger partial charge in [-0.15, -0.1) is 0 Å². The first-order chi connectivity index (χ1) is 9.91. The van der Waals surface area contributed by atoms with Crippen molar-refractivity contribution in [3.05, 3.63) is 28.8 Å². The number of halogens is 1. The number of rotatable bonds is 3. The second-order valence-corrected chi connectivity index (χ2v) is 7.01. The predicted molar refractivity (Wildman–Crippen MR) is 83.6 cm³/mol. The summed E-state index contributed by atoms with van der Waals surface area (Å²) in [5.74, 6) is 0.0249. The van der Waals surface area contributed by atoms with Crippen molar-refractivity contribution in [2.45, 2.75) is 38.8 Å². The number of nitrogens with one attached hydrogen (secondary N) is 1. The van der Waals surface area contributed by atoms with Crippen molar-refractivity contribution in [2.75, 3.05) is 11.9 Å². The average Bonchev–Trinajstić information content (AvgIpc) is 2.46. The number of nitrogens with two attached hydrogens (primary N) is 1. The molecule has 1 heterocycles. The van der Waals surface area contributed by atoms with Gasteiger partial charge in [-0.25, -0.2) is 0 Å². The Kier molecular flexibility index (Phi) is 3.62. The first-order valence-corrected chi connectivity index (χ1v) is 7.76. The number of fused-ring (bicyclic) bond motifs is 1. The van der Waals surface area contributed by atoms with Crippen molar-refractivity contribution in [1.82, 2.24) is 0 Å². The monoisotopic (exact) mass is 308 g/mol. The molecule has 0 aromatic heterocycles. The maximum atomic E-state index is 11.4. The predicted octanol–water partition coefficient (Wildman–Crippen LogP) is 3.05. The molecular weight excluding hydrogens is 288 g/mol. The number of primary amides is 1. The SMILES string of the molecule is CC1(C)C(Nc2ccc(Cl)c(C(N)=O)c2)C2CCCOC21. The molecule has 5 heteroatoms. The molecule has 0 spiro atoms. The van der Waals surface area contributed by atoms with E-state index in [2.05, 4.69) is 19.2 Å². The number of benzene rings is 1. The molecular formula is C16H21ClN2O2. The summed E-state index contributed by atoms with van der Waals surface area (Å²) in [6.07, 6.45) is 2.62. The van der Waals surface area contributed by atoms with E-state index in [1.54, 1.807) is 12.1 Å². The highest BCUT2D eigenvalue weighted by Gasteiger charge is 2.57. The van der Waals surface area contributed by atoms with Crippen molar-refractivity contribution >= 4 is 23.2 Å². The van der Waals surface area contributed by atoms with Crippen LogP contribution in [-0.2, 0) is 4.74 Å². The molecule has 3 rings (SSSR count). The number of carbonyl (C=O) groups is 1. The molecule has 1 aliphatic carbocycles. The largest absolute Gasteiger partial charge is 0.381 e. The van der Waals surface area contributed by atoms with Crippen LogP contribution in [0.15, 0.2) is 18.2 Å². The third-order valence-corrected chi connectivity index (χ3v) is 5.21. The summed E-state index contributed by atoms with van der Waals surface area (Å²) < 4.78 is 5.91. The van der Waals surface area contributed by atoms with Gasteiger partial charge in [-0.3, -0.25) is 4.79 Å². The molecule has 4 nitrogen and oxygen atoms in total. The van der Waals surface area contributed by atoms with Crippen molar-refractivity contribution < 1.29 is 9.53 Å². The summed E-state index contributed by atoms with van der Waals surface area (Å²) in [6, 6.07) is 5.68. The van der Waals surface area contributed by atoms with Gasteiger partial charge in [-0.1, -0.05) is 25.4 Å². The molecule has 3 unspecified atom stereocenters. The lowest BCUT2D eigenvalue weighted by Gasteiger charge is -2.60. The highest BCUT2D eigenvalue weighted by Crippen LogP contribution is 2.52. The van der Waals surface area contributed by atoms with Gasteiger partial charge in [0, 0.05) is 29.7 Å². The van der Waals surface area contributed by atoms with Gasteiger partial charge in [-0.2, -0.15) is 0 Å². The van der Waals surface area contributed by atoms with Crippen molar-refractivity contribution in [3.8, 4) is 0 Å². The van der Waals surface area contributed by atoms with E-state index in [-0.39, 0.29) is 5.41 Å². The van der Waals surface area contributed by atoms with Gasteiger partial charge in [0.1, 0.15) is 0 Å². The Hall–Kier alpha value is -1.26. The van der Waals surface area contributed by atoms with Crippen LogP contribution in [-0.4, -0.2) is 24.7 Å². The van der Waals surface area contributed by atoms with Crippen LogP contribution in [0.25, 0.3) is 0 Å². The van der Waals surface area contributed by atoms with Crippen molar-refractivity contribution in [3.63, 3.8) is 0 Å². The molecule has 3 N–H and O–H groups in total. The van der Waals surface area contributed by atoms with Crippen LogP contribution in [0.1, 0.15) is 37.0 Å². The second kappa shape index (κ2) is 5.18. The summed E-state index contributed by atoms with van der Waals surface area (Å²) in [7, 11) is 0. The number of amides is 1. The molecule has 21 heavy (non-hydrogen) atoms. The minimum Gasteiger partial charge on any atom is -0.381 e. The molecule has 1 amide bonds. The van der Waals surface area contributed by atoms with Crippen molar-refractivity contribution in [2.24, 2.45) is 17.1 Å². The van der Waals surface area contributed by atoms with Crippen LogP contribution >= 0.6 is 11.6 Å². The van der Waals surface area contributed by atoms with Crippen LogP contribution < -0.4 is 11.1 Å². The summed E-state index contributed by atoms with van der Waals surface area (Å²) in [4.78, 5) is 11.4. The standard InChI is InChI=1S/C16H21ClN2O2/c1-16(2)13(10-4-3-7-21-14(10)16)19-9-5-6-12(17)11(8-9)15(18)20/h5-6,8,10,13-14,19H,3-4,7H2,1-2H3,(H2,18,20). The fourth-order valence-corrected chi connectivity index (χ4v) is 4.01. The third kappa shape index (κ3) is 2.40. The van der Waals surface area contributed by atoms with Gasteiger partial charge in [-0.05, 0) is 31.0 Å². The Bertz CT molecular complexity index is 573.